The minimum absolute atomic E-state index is 0.112. The van der Waals surface area contributed by atoms with Crippen LogP contribution in [0.4, 0.5) is 5.69 Å². The predicted molar refractivity (Wildman–Crippen MR) is 94.2 cm³/mol. The number of hydrogen-bond acceptors (Lipinski definition) is 5. The molecule has 0 aliphatic carbocycles. The van der Waals surface area contributed by atoms with E-state index >= 15 is 0 Å². The average Bonchev–Trinajstić information content (AvgIpc) is 3.05. The van der Waals surface area contributed by atoms with Crippen LogP contribution < -0.4 is 0 Å². The lowest BCUT2D eigenvalue weighted by atomic mass is 10.1. The van der Waals surface area contributed by atoms with E-state index < -0.39 is 12.0 Å². The van der Waals surface area contributed by atoms with Crippen LogP contribution in [0, 0.1) is 3.95 Å². The van der Waals surface area contributed by atoms with E-state index in [9.17, 15) is 15.0 Å². The molecule has 0 spiro atoms. The Hall–Kier alpha value is -2.25. The van der Waals surface area contributed by atoms with Gasteiger partial charge >= 0.3 is 5.97 Å². The van der Waals surface area contributed by atoms with Gasteiger partial charge in [-0.25, -0.2) is 4.79 Å². The molecule has 0 saturated heterocycles. The normalized spacial score (nSPS) is 15.8. The molecule has 23 heavy (non-hydrogen) atoms. The molecule has 1 aliphatic rings. The number of rotatable bonds is 4. The summed E-state index contributed by atoms with van der Waals surface area (Å²) in [7, 11) is 0. The summed E-state index contributed by atoms with van der Waals surface area (Å²) < 4.78 is 1.64. The Morgan fingerprint density at radius 1 is 1.48 bits per heavy atom. The molecule has 0 saturated carbocycles. The van der Waals surface area contributed by atoms with Crippen LogP contribution in [-0.4, -0.2) is 27.0 Å². The number of carbonyl (C=O) groups is 1. The summed E-state index contributed by atoms with van der Waals surface area (Å²) in [6, 6.07) is 6.84. The van der Waals surface area contributed by atoms with Crippen LogP contribution in [-0.2, 0) is 4.79 Å². The molecule has 2 aromatic rings. The number of fused-ring (bicyclic) bond motifs is 1. The van der Waals surface area contributed by atoms with Crippen molar-refractivity contribution in [1.82, 2.24) is 4.57 Å². The standard InChI is InChI=1S/C16H14N2O3S2/c1-2-12(15(20)21)18-14(19)13(23-16(18)22)7-9-8-17-11-6-4-3-5-10(9)11/h3-8,12,19H,2H2,1H3,(H,20,21)/t12-/m1/s1. The summed E-state index contributed by atoms with van der Waals surface area (Å²) in [5, 5.41) is 19.7. The van der Waals surface area contributed by atoms with Crippen LogP contribution in [0.25, 0.3) is 11.6 Å². The Morgan fingerprint density at radius 2 is 2.22 bits per heavy atom. The summed E-state index contributed by atoms with van der Waals surface area (Å²) in [6.07, 6.45) is 3.86. The molecule has 1 atom stereocenters. The summed E-state index contributed by atoms with van der Waals surface area (Å²) in [4.78, 5) is 16.2. The van der Waals surface area contributed by atoms with Crippen LogP contribution in [0.2, 0.25) is 0 Å². The van der Waals surface area contributed by atoms with Gasteiger partial charge in [0.05, 0.1) is 10.6 Å². The highest BCUT2D eigenvalue weighted by molar-refractivity contribution is 7.73. The number of thiazole rings is 1. The van der Waals surface area contributed by atoms with Crippen molar-refractivity contribution < 1.29 is 15.0 Å². The van der Waals surface area contributed by atoms with Crippen molar-refractivity contribution in [1.29, 1.82) is 0 Å². The molecule has 2 N–H and O–H groups in total. The maximum Gasteiger partial charge on any atom is 0.326 e. The second-order valence-corrected chi connectivity index (χ2v) is 6.74. The first kappa shape index (κ1) is 15.6. The molecule has 1 aliphatic heterocycles. The van der Waals surface area contributed by atoms with E-state index in [2.05, 4.69) is 4.99 Å². The molecule has 118 valence electrons. The molecule has 2 heterocycles. The quantitative estimate of drug-likeness (QED) is 0.811. The molecule has 3 rings (SSSR count). The fourth-order valence-electron chi connectivity index (χ4n) is 2.53. The van der Waals surface area contributed by atoms with Gasteiger partial charge in [-0.3, -0.25) is 9.56 Å². The second kappa shape index (κ2) is 6.10. The molecule has 1 aromatic heterocycles. The van der Waals surface area contributed by atoms with Crippen molar-refractivity contribution in [2.45, 2.75) is 19.4 Å². The number of para-hydroxylation sites is 1. The predicted octanol–water partition coefficient (Wildman–Crippen LogP) is 4.28. The average molecular weight is 346 g/mol. The zero-order valence-electron chi connectivity index (χ0n) is 12.3. The number of hydrogen-bond donors (Lipinski definition) is 2. The number of nitrogens with zero attached hydrogens (tertiary/aromatic N) is 2. The van der Waals surface area contributed by atoms with E-state index in [1.54, 1.807) is 19.2 Å². The monoisotopic (exact) mass is 346 g/mol. The molecule has 0 radical (unpaired) electrons. The zero-order chi connectivity index (χ0) is 16.6. The van der Waals surface area contributed by atoms with E-state index in [0.717, 1.165) is 16.8 Å². The smallest absolute Gasteiger partial charge is 0.326 e. The Kier molecular flexibility index (Phi) is 4.14. The highest BCUT2D eigenvalue weighted by atomic mass is 32.1. The van der Waals surface area contributed by atoms with E-state index in [-0.39, 0.29) is 5.88 Å². The number of aromatic hydroxyl groups is 1. The van der Waals surface area contributed by atoms with E-state index in [4.69, 9.17) is 12.2 Å². The van der Waals surface area contributed by atoms with Gasteiger partial charge < -0.3 is 10.2 Å². The topological polar surface area (TPSA) is 74.8 Å². The van der Waals surface area contributed by atoms with Gasteiger partial charge in [0.1, 0.15) is 6.04 Å². The Morgan fingerprint density at radius 3 is 2.91 bits per heavy atom. The Bertz CT molecular complexity index is 893. The van der Waals surface area contributed by atoms with Crippen LogP contribution in [0.5, 0.6) is 5.88 Å². The van der Waals surface area contributed by atoms with Gasteiger partial charge in [0.2, 0.25) is 5.88 Å². The highest BCUT2D eigenvalue weighted by Crippen LogP contribution is 2.37. The SMILES string of the molecule is CC[C@H](C(=O)O)n1c(O)c(C=C2C=Nc3ccccc32)sc1=S. The minimum Gasteiger partial charge on any atom is -0.493 e. The van der Waals surface area contributed by atoms with Gasteiger partial charge in [-0.05, 0) is 30.8 Å². The third-order valence-electron chi connectivity index (χ3n) is 3.67. The summed E-state index contributed by atoms with van der Waals surface area (Å²) in [5.74, 6) is -1.12. The maximum absolute atomic E-state index is 11.3. The van der Waals surface area contributed by atoms with Crippen molar-refractivity contribution in [2.24, 2.45) is 4.99 Å². The van der Waals surface area contributed by atoms with Crippen LogP contribution in [0.1, 0.15) is 29.8 Å². The first-order chi connectivity index (χ1) is 11.0. The first-order valence-corrected chi connectivity index (χ1v) is 8.27. The van der Waals surface area contributed by atoms with Crippen molar-refractivity contribution in [3.8, 4) is 5.88 Å². The van der Waals surface area contributed by atoms with Crippen molar-refractivity contribution in [3.05, 3.63) is 38.7 Å². The third kappa shape index (κ3) is 2.73. The molecule has 0 unspecified atom stereocenters. The zero-order valence-corrected chi connectivity index (χ0v) is 13.9. The van der Waals surface area contributed by atoms with Gasteiger partial charge in [0, 0.05) is 17.4 Å². The van der Waals surface area contributed by atoms with Crippen molar-refractivity contribution in [2.75, 3.05) is 0 Å². The lowest BCUT2D eigenvalue weighted by Gasteiger charge is -2.12. The van der Waals surface area contributed by atoms with Gasteiger partial charge in [-0.1, -0.05) is 25.1 Å². The minimum atomic E-state index is -1.01. The maximum atomic E-state index is 11.3. The van der Waals surface area contributed by atoms with Crippen molar-refractivity contribution in [3.63, 3.8) is 0 Å². The number of aromatic nitrogens is 1. The fourth-order valence-corrected chi connectivity index (χ4v) is 3.88. The first-order valence-electron chi connectivity index (χ1n) is 7.05. The third-order valence-corrected chi connectivity index (χ3v) is 5.01. The van der Waals surface area contributed by atoms with Crippen molar-refractivity contribution >= 4 is 53.1 Å². The fraction of sp³-hybridized carbons (Fsp3) is 0.188. The molecular weight excluding hydrogens is 332 g/mol. The second-order valence-electron chi connectivity index (χ2n) is 5.06. The number of carboxylic acids is 1. The Balaban J connectivity index is 2.07. The number of allylic oxidation sites excluding steroid dienone is 1. The van der Waals surface area contributed by atoms with E-state index in [0.29, 0.717) is 15.3 Å². The number of aliphatic carboxylic acids is 1. The molecule has 5 nitrogen and oxygen atoms in total. The number of benzene rings is 1. The van der Waals surface area contributed by atoms with Crippen LogP contribution in [0.15, 0.2) is 29.3 Å². The highest BCUT2D eigenvalue weighted by Gasteiger charge is 2.24. The summed E-state index contributed by atoms with van der Waals surface area (Å²) in [6.45, 7) is 1.75. The van der Waals surface area contributed by atoms with Gasteiger partial charge in [0.25, 0.3) is 0 Å². The van der Waals surface area contributed by atoms with Gasteiger partial charge in [-0.2, -0.15) is 0 Å². The van der Waals surface area contributed by atoms with Gasteiger partial charge in [-0.15, -0.1) is 11.3 Å². The Labute approximate surface area is 141 Å². The molecule has 0 amide bonds. The van der Waals surface area contributed by atoms with Crippen LogP contribution >= 0.6 is 23.6 Å². The molecule has 7 heteroatoms. The summed E-state index contributed by atoms with van der Waals surface area (Å²) in [5.41, 5.74) is 2.71. The van der Waals surface area contributed by atoms with Gasteiger partial charge in [0.15, 0.2) is 3.95 Å². The van der Waals surface area contributed by atoms with Crippen LogP contribution in [0.3, 0.4) is 0 Å². The molecular formula is C16H14N2O3S2. The molecule has 1 aromatic carbocycles. The largest absolute Gasteiger partial charge is 0.493 e. The lowest BCUT2D eigenvalue weighted by Crippen LogP contribution is -2.17. The van der Waals surface area contributed by atoms with E-state index in [1.807, 2.05) is 24.3 Å². The molecule has 0 fully saturated rings. The summed E-state index contributed by atoms with van der Waals surface area (Å²) >= 11 is 6.43. The number of carboxylic acid groups (broad SMARTS) is 1. The van der Waals surface area contributed by atoms with E-state index in [1.165, 1.54) is 15.9 Å². The number of aliphatic imine (C=N–C) groups is 1. The molecule has 0 bridgehead atoms. The lowest BCUT2D eigenvalue weighted by molar-refractivity contribution is -0.141.